The molecule has 0 atom stereocenters. The number of carbonyl (C=O) groups is 1. The molecular formula is C16H14Cl2O2. The second-order valence-electron chi connectivity index (χ2n) is 4.63. The van der Waals surface area contributed by atoms with Crippen LogP contribution in [-0.4, -0.2) is 13.1 Å². The molecule has 0 aliphatic heterocycles. The Labute approximate surface area is 128 Å². The number of carbonyl (C=O) groups excluding carboxylic acids is 1. The smallest absolute Gasteiger partial charge is 0.320 e. The Morgan fingerprint density at radius 3 is 1.55 bits per heavy atom. The molecule has 0 bridgehead atoms. The minimum absolute atomic E-state index is 0.331. The number of ether oxygens (including phenoxy) is 1. The lowest BCUT2D eigenvalue weighted by molar-refractivity contribution is -0.145. The molecule has 0 N–H and O–H groups in total. The van der Waals surface area contributed by atoms with Crippen molar-refractivity contribution < 1.29 is 9.53 Å². The first-order valence-electron chi connectivity index (χ1n) is 6.09. The van der Waals surface area contributed by atoms with Crippen LogP contribution in [0.2, 0.25) is 10.0 Å². The van der Waals surface area contributed by atoms with Crippen LogP contribution in [0.25, 0.3) is 0 Å². The van der Waals surface area contributed by atoms with E-state index >= 15 is 0 Å². The lowest BCUT2D eigenvalue weighted by atomic mass is 9.76. The summed E-state index contributed by atoms with van der Waals surface area (Å²) in [6.45, 7) is 1.82. The van der Waals surface area contributed by atoms with Gasteiger partial charge < -0.3 is 4.74 Å². The molecule has 20 heavy (non-hydrogen) atoms. The highest BCUT2D eigenvalue weighted by atomic mass is 35.5. The average Bonchev–Trinajstić information content (AvgIpc) is 2.47. The molecular weight excluding hydrogens is 295 g/mol. The van der Waals surface area contributed by atoms with Crippen molar-refractivity contribution in [2.75, 3.05) is 7.11 Å². The second kappa shape index (κ2) is 5.86. The SMILES string of the molecule is COC(=O)C(C)(c1ccc(Cl)cc1)c1ccc(Cl)cc1. The average molecular weight is 309 g/mol. The van der Waals surface area contributed by atoms with Crippen LogP contribution >= 0.6 is 23.2 Å². The fraction of sp³-hybridized carbons (Fsp3) is 0.188. The third-order valence-electron chi connectivity index (χ3n) is 3.44. The van der Waals surface area contributed by atoms with Crippen molar-refractivity contribution in [3.05, 3.63) is 69.7 Å². The van der Waals surface area contributed by atoms with Crippen LogP contribution < -0.4 is 0 Å². The lowest BCUT2D eigenvalue weighted by Gasteiger charge is -2.28. The van der Waals surface area contributed by atoms with Crippen molar-refractivity contribution in [3.63, 3.8) is 0 Å². The van der Waals surface area contributed by atoms with Gasteiger partial charge in [0.1, 0.15) is 5.41 Å². The number of methoxy groups -OCH3 is 1. The first-order chi connectivity index (χ1) is 9.48. The molecule has 0 aromatic heterocycles. The molecule has 104 valence electrons. The van der Waals surface area contributed by atoms with Crippen LogP contribution in [-0.2, 0) is 14.9 Å². The molecule has 0 fully saturated rings. The minimum Gasteiger partial charge on any atom is -0.468 e. The molecule has 0 saturated heterocycles. The van der Waals surface area contributed by atoms with Crippen molar-refractivity contribution in [2.45, 2.75) is 12.3 Å². The normalized spacial score (nSPS) is 11.2. The summed E-state index contributed by atoms with van der Waals surface area (Å²) in [5.74, 6) is -0.331. The van der Waals surface area contributed by atoms with E-state index in [0.717, 1.165) is 11.1 Å². The number of hydrogen-bond donors (Lipinski definition) is 0. The summed E-state index contributed by atoms with van der Waals surface area (Å²) < 4.78 is 4.98. The third kappa shape index (κ3) is 2.67. The van der Waals surface area contributed by atoms with E-state index in [1.165, 1.54) is 7.11 Å². The molecule has 0 aliphatic carbocycles. The third-order valence-corrected chi connectivity index (χ3v) is 3.94. The molecule has 0 unspecified atom stereocenters. The Morgan fingerprint density at radius 1 is 0.900 bits per heavy atom. The van der Waals surface area contributed by atoms with Gasteiger partial charge in [0.25, 0.3) is 0 Å². The van der Waals surface area contributed by atoms with Gasteiger partial charge in [-0.15, -0.1) is 0 Å². The highest BCUT2D eigenvalue weighted by molar-refractivity contribution is 6.30. The van der Waals surface area contributed by atoms with Gasteiger partial charge in [-0.2, -0.15) is 0 Å². The van der Waals surface area contributed by atoms with Gasteiger partial charge in [-0.05, 0) is 42.3 Å². The van der Waals surface area contributed by atoms with Crippen molar-refractivity contribution in [2.24, 2.45) is 0 Å². The first-order valence-corrected chi connectivity index (χ1v) is 6.84. The lowest BCUT2D eigenvalue weighted by Crippen LogP contribution is -2.35. The topological polar surface area (TPSA) is 26.3 Å². The summed E-state index contributed by atoms with van der Waals surface area (Å²) in [4.78, 5) is 12.3. The second-order valence-corrected chi connectivity index (χ2v) is 5.50. The van der Waals surface area contributed by atoms with Gasteiger partial charge in [-0.25, -0.2) is 0 Å². The summed E-state index contributed by atoms with van der Waals surface area (Å²) in [5.41, 5.74) is 0.733. The van der Waals surface area contributed by atoms with Gasteiger partial charge >= 0.3 is 5.97 Å². The highest BCUT2D eigenvalue weighted by Gasteiger charge is 2.38. The monoisotopic (exact) mass is 308 g/mol. The maximum atomic E-state index is 12.3. The van der Waals surface area contributed by atoms with Crippen molar-refractivity contribution in [3.8, 4) is 0 Å². The van der Waals surface area contributed by atoms with Crippen LogP contribution in [0.4, 0.5) is 0 Å². The Balaban J connectivity index is 2.58. The van der Waals surface area contributed by atoms with Gasteiger partial charge in [-0.1, -0.05) is 47.5 Å². The van der Waals surface area contributed by atoms with E-state index in [0.29, 0.717) is 10.0 Å². The first kappa shape index (κ1) is 14.9. The van der Waals surface area contributed by atoms with Crippen LogP contribution in [0, 0.1) is 0 Å². The van der Waals surface area contributed by atoms with Crippen LogP contribution in [0.15, 0.2) is 48.5 Å². The fourth-order valence-corrected chi connectivity index (χ4v) is 2.42. The predicted molar refractivity (Wildman–Crippen MR) is 81.4 cm³/mol. The molecule has 0 spiro atoms. The quantitative estimate of drug-likeness (QED) is 0.782. The summed E-state index contributed by atoms with van der Waals surface area (Å²) in [6.07, 6.45) is 0. The van der Waals surface area contributed by atoms with E-state index in [9.17, 15) is 4.79 Å². The van der Waals surface area contributed by atoms with Crippen LogP contribution in [0.5, 0.6) is 0 Å². The Kier molecular flexibility index (Phi) is 4.36. The number of rotatable bonds is 3. The van der Waals surface area contributed by atoms with Crippen molar-refractivity contribution >= 4 is 29.2 Å². The largest absolute Gasteiger partial charge is 0.468 e. The Hall–Kier alpha value is -1.51. The van der Waals surface area contributed by atoms with Crippen LogP contribution in [0.3, 0.4) is 0 Å². The van der Waals surface area contributed by atoms with E-state index in [4.69, 9.17) is 27.9 Å². The summed E-state index contributed by atoms with van der Waals surface area (Å²) in [5, 5.41) is 1.24. The molecule has 0 saturated carbocycles. The minimum atomic E-state index is -0.899. The predicted octanol–water partition coefficient (Wildman–Crippen LogP) is 4.47. The zero-order valence-electron chi connectivity index (χ0n) is 11.2. The molecule has 0 aliphatic rings. The van der Waals surface area contributed by atoms with Crippen molar-refractivity contribution in [1.82, 2.24) is 0 Å². The van der Waals surface area contributed by atoms with Crippen molar-refractivity contribution in [1.29, 1.82) is 0 Å². The molecule has 2 aromatic rings. The molecule has 0 radical (unpaired) electrons. The van der Waals surface area contributed by atoms with Gasteiger partial charge in [-0.3, -0.25) is 4.79 Å². The van der Waals surface area contributed by atoms with E-state index in [2.05, 4.69) is 0 Å². The molecule has 0 heterocycles. The van der Waals surface area contributed by atoms with Gasteiger partial charge in [0.2, 0.25) is 0 Å². The Morgan fingerprint density at radius 2 is 1.25 bits per heavy atom. The van der Waals surface area contributed by atoms with E-state index in [1.807, 2.05) is 31.2 Å². The summed E-state index contributed by atoms with van der Waals surface area (Å²) in [7, 11) is 1.38. The zero-order valence-corrected chi connectivity index (χ0v) is 12.7. The highest BCUT2D eigenvalue weighted by Crippen LogP contribution is 2.34. The maximum Gasteiger partial charge on any atom is 0.320 e. The van der Waals surface area contributed by atoms with E-state index in [-0.39, 0.29) is 5.97 Å². The molecule has 2 rings (SSSR count). The van der Waals surface area contributed by atoms with Gasteiger partial charge in [0.15, 0.2) is 0 Å². The fourth-order valence-electron chi connectivity index (χ4n) is 2.17. The van der Waals surface area contributed by atoms with E-state index in [1.54, 1.807) is 24.3 Å². The number of esters is 1. The van der Waals surface area contributed by atoms with Gasteiger partial charge in [0, 0.05) is 10.0 Å². The Bertz CT molecular complexity index is 558. The maximum absolute atomic E-state index is 12.3. The molecule has 4 heteroatoms. The molecule has 0 amide bonds. The number of halogens is 2. The van der Waals surface area contributed by atoms with Crippen LogP contribution in [0.1, 0.15) is 18.1 Å². The number of benzene rings is 2. The van der Waals surface area contributed by atoms with E-state index < -0.39 is 5.41 Å². The number of hydrogen-bond acceptors (Lipinski definition) is 2. The van der Waals surface area contributed by atoms with Gasteiger partial charge in [0.05, 0.1) is 7.11 Å². The molecule has 2 aromatic carbocycles. The summed E-state index contributed by atoms with van der Waals surface area (Å²) >= 11 is 11.8. The zero-order chi connectivity index (χ0) is 14.8. The summed E-state index contributed by atoms with van der Waals surface area (Å²) in [6, 6.07) is 14.3. The standard InChI is InChI=1S/C16H14Cl2O2/c1-16(15(19)20-2,11-3-7-13(17)8-4-11)12-5-9-14(18)10-6-12/h3-10H,1-2H3. The molecule has 2 nitrogen and oxygen atoms in total.